The number of anilines is 1. The molecule has 2 rings (SSSR count). The molecule has 0 unspecified atom stereocenters. The zero-order valence-electron chi connectivity index (χ0n) is 9.99. The molecule has 5 heteroatoms. The number of hydrogen-bond donors (Lipinski definition) is 1. The van der Waals surface area contributed by atoms with E-state index in [-0.39, 0.29) is 0 Å². The minimum absolute atomic E-state index is 0.728. The SMILES string of the molecule is CN(Cc1cc(Br)cs1)Cc1cc(Cl)ccc1N. The molecule has 0 fully saturated rings. The van der Waals surface area contributed by atoms with E-state index in [0.29, 0.717) is 0 Å². The lowest BCUT2D eigenvalue weighted by atomic mass is 10.1. The second-order valence-corrected chi connectivity index (χ2v) is 6.59. The van der Waals surface area contributed by atoms with E-state index in [9.17, 15) is 0 Å². The first kappa shape index (κ1) is 13.9. The van der Waals surface area contributed by atoms with E-state index in [4.69, 9.17) is 17.3 Å². The van der Waals surface area contributed by atoms with Gasteiger partial charge in [-0.25, -0.2) is 0 Å². The van der Waals surface area contributed by atoms with Crippen molar-refractivity contribution in [1.82, 2.24) is 4.90 Å². The lowest BCUT2D eigenvalue weighted by Gasteiger charge is -2.17. The highest BCUT2D eigenvalue weighted by atomic mass is 79.9. The minimum atomic E-state index is 0.728. The van der Waals surface area contributed by atoms with Gasteiger partial charge in [0.2, 0.25) is 0 Å². The van der Waals surface area contributed by atoms with Crippen LogP contribution in [0, 0.1) is 0 Å². The first-order chi connectivity index (χ1) is 8.54. The van der Waals surface area contributed by atoms with Gasteiger partial charge in [-0.15, -0.1) is 11.3 Å². The van der Waals surface area contributed by atoms with Crippen LogP contribution in [-0.2, 0) is 13.1 Å². The van der Waals surface area contributed by atoms with Crippen LogP contribution in [0.3, 0.4) is 0 Å². The molecule has 0 aliphatic rings. The molecule has 0 bridgehead atoms. The van der Waals surface area contributed by atoms with Crippen molar-refractivity contribution >= 4 is 44.6 Å². The van der Waals surface area contributed by atoms with Gasteiger partial charge in [-0.05, 0) is 52.8 Å². The number of benzene rings is 1. The Hall–Kier alpha value is -0.550. The zero-order chi connectivity index (χ0) is 13.1. The summed E-state index contributed by atoms with van der Waals surface area (Å²) in [5.41, 5.74) is 7.81. The monoisotopic (exact) mass is 344 g/mol. The number of thiophene rings is 1. The van der Waals surface area contributed by atoms with Gasteiger partial charge in [-0.1, -0.05) is 11.6 Å². The maximum absolute atomic E-state index is 5.99. The molecule has 0 amide bonds. The molecule has 2 nitrogen and oxygen atoms in total. The number of nitrogens with two attached hydrogens (primary N) is 1. The molecule has 2 aromatic rings. The van der Waals surface area contributed by atoms with Gasteiger partial charge in [-0.3, -0.25) is 4.90 Å². The second-order valence-electron chi connectivity index (χ2n) is 4.25. The zero-order valence-corrected chi connectivity index (χ0v) is 13.1. The van der Waals surface area contributed by atoms with Crippen LogP contribution in [0.4, 0.5) is 5.69 Å². The summed E-state index contributed by atoms with van der Waals surface area (Å²) < 4.78 is 1.14. The van der Waals surface area contributed by atoms with Gasteiger partial charge in [0.05, 0.1) is 0 Å². The number of halogens is 2. The van der Waals surface area contributed by atoms with Crippen LogP contribution in [0.5, 0.6) is 0 Å². The molecule has 18 heavy (non-hydrogen) atoms. The van der Waals surface area contributed by atoms with Crippen molar-refractivity contribution in [2.45, 2.75) is 13.1 Å². The highest BCUT2D eigenvalue weighted by Gasteiger charge is 2.07. The van der Waals surface area contributed by atoms with Crippen molar-refractivity contribution in [2.75, 3.05) is 12.8 Å². The first-order valence-electron chi connectivity index (χ1n) is 5.50. The number of nitrogens with zero attached hydrogens (tertiary/aromatic N) is 1. The highest BCUT2D eigenvalue weighted by Crippen LogP contribution is 2.23. The molecule has 1 heterocycles. The Morgan fingerprint density at radius 2 is 2.11 bits per heavy atom. The number of nitrogen functional groups attached to an aromatic ring is 1. The summed E-state index contributed by atoms with van der Waals surface area (Å²) in [5.74, 6) is 0. The van der Waals surface area contributed by atoms with Crippen molar-refractivity contribution in [3.8, 4) is 0 Å². The molecular weight excluding hydrogens is 332 g/mol. The van der Waals surface area contributed by atoms with Crippen molar-refractivity contribution in [1.29, 1.82) is 0 Å². The highest BCUT2D eigenvalue weighted by molar-refractivity contribution is 9.10. The van der Waals surface area contributed by atoms with Gasteiger partial charge < -0.3 is 5.73 Å². The summed E-state index contributed by atoms with van der Waals surface area (Å²) in [6.45, 7) is 1.70. The molecule has 0 radical (unpaired) electrons. The van der Waals surface area contributed by atoms with E-state index in [1.807, 2.05) is 18.2 Å². The van der Waals surface area contributed by atoms with E-state index < -0.39 is 0 Å². The molecule has 0 atom stereocenters. The van der Waals surface area contributed by atoms with Crippen LogP contribution in [0.15, 0.2) is 34.1 Å². The molecule has 0 saturated heterocycles. The average molecular weight is 346 g/mol. The largest absolute Gasteiger partial charge is 0.398 e. The van der Waals surface area contributed by atoms with Crippen molar-refractivity contribution in [2.24, 2.45) is 0 Å². The molecule has 2 N–H and O–H groups in total. The van der Waals surface area contributed by atoms with Gasteiger partial charge >= 0.3 is 0 Å². The third-order valence-corrected chi connectivity index (χ3v) is 4.51. The van der Waals surface area contributed by atoms with Crippen molar-refractivity contribution in [3.63, 3.8) is 0 Å². The third-order valence-electron chi connectivity index (χ3n) is 2.59. The summed E-state index contributed by atoms with van der Waals surface area (Å²) in [6, 6.07) is 7.74. The van der Waals surface area contributed by atoms with Crippen LogP contribution in [-0.4, -0.2) is 11.9 Å². The van der Waals surface area contributed by atoms with E-state index in [1.165, 1.54) is 4.88 Å². The van der Waals surface area contributed by atoms with E-state index >= 15 is 0 Å². The number of rotatable bonds is 4. The molecule has 0 spiro atoms. The quantitative estimate of drug-likeness (QED) is 0.833. The van der Waals surface area contributed by atoms with Gasteiger partial charge in [-0.2, -0.15) is 0 Å². The summed E-state index contributed by atoms with van der Waals surface area (Å²) in [5, 5.41) is 2.82. The predicted octanol–water partition coefficient (Wildman–Crippen LogP) is 4.38. The van der Waals surface area contributed by atoms with Crippen molar-refractivity contribution < 1.29 is 0 Å². The normalized spacial score (nSPS) is 11.1. The fourth-order valence-electron chi connectivity index (χ4n) is 1.76. The summed E-state index contributed by atoms with van der Waals surface area (Å²) in [7, 11) is 2.08. The Morgan fingerprint density at radius 1 is 1.33 bits per heavy atom. The summed E-state index contributed by atoms with van der Waals surface area (Å²) in [6.07, 6.45) is 0. The number of hydrogen-bond acceptors (Lipinski definition) is 3. The standard InChI is InChI=1S/C13H14BrClN2S/c1-17(7-12-5-10(14)8-18-12)6-9-4-11(15)2-3-13(9)16/h2-5,8H,6-7,16H2,1H3. The first-order valence-corrected chi connectivity index (χ1v) is 7.55. The Morgan fingerprint density at radius 3 is 2.78 bits per heavy atom. The van der Waals surface area contributed by atoms with Crippen LogP contribution >= 0.6 is 38.9 Å². The molecule has 0 saturated carbocycles. The van der Waals surface area contributed by atoms with Gasteiger partial charge in [0, 0.05) is 38.5 Å². The maximum atomic E-state index is 5.99. The molecular formula is C13H14BrClN2S. The Kier molecular flexibility index (Phi) is 4.67. The summed E-state index contributed by atoms with van der Waals surface area (Å²) >= 11 is 11.2. The average Bonchev–Trinajstić information content (AvgIpc) is 2.69. The van der Waals surface area contributed by atoms with Gasteiger partial charge in [0.15, 0.2) is 0 Å². The molecule has 0 aliphatic carbocycles. The molecule has 0 aliphatic heterocycles. The maximum Gasteiger partial charge on any atom is 0.0410 e. The topological polar surface area (TPSA) is 29.3 Å². The van der Waals surface area contributed by atoms with Gasteiger partial charge in [0.25, 0.3) is 0 Å². The summed E-state index contributed by atoms with van der Waals surface area (Å²) in [4.78, 5) is 3.55. The minimum Gasteiger partial charge on any atom is -0.398 e. The Bertz CT molecular complexity index is 542. The lowest BCUT2D eigenvalue weighted by molar-refractivity contribution is 0.322. The van der Waals surface area contributed by atoms with E-state index in [0.717, 1.165) is 33.8 Å². The fourth-order valence-corrected chi connectivity index (χ4v) is 3.49. The van der Waals surface area contributed by atoms with E-state index in [2.05, 4.69) is 39.3 Å². The van der Waals surface area contributed by atoms with Crippen LogP contribution in [0.2, 0.25) is 5.02 Å². The van der Waals surface area contributed by atoms with Crippen LogP contribution < -0.4 is 5.73 Å². The van der Waals surface area contributed by atoms with Crippen LogP contribution in [0.25, 0.3) is 0 Å². The smallest absolute Gasteiger partial charge is 0.0410 e. The predicted molar refractivity (Wildman–Crippen MR) is 83.1 cm³/mol. The Balaban J connectivity index is 2.02. The van der Waals surface area contributed by atoms with Gasteiger partial charge in [0.1, 0.15) is 0 Å². The third kappa shape index (κ3) is 3.72. The Labute approximate surface area is 124 Å². The van der Waals surface area contributed by atoms with Crippen LogP contribution in [0.1, 0.15) is 10.4 Å². The molecule has 1 aromatic heterocycles. The lowest BCUT2D eigenvalue weighted by Crippen LogP contribution is -2.17. The van der Waals surface area contributed by atoms with Crippen molar-refractivity contribution in [3.05, 3.63) is 49.6 Å². The van der Waals surface area contributed by atoms with E-state index in [1.54, 1.807) is 11.3 Å². The molecule has 96 valence electrons. The second kappa shape index (κ2) is 6.06. The fraction of sp³-hybridized carbons (Fsp3) is 0.231. The molecule has 1 aromatic carbocycles.